The SMILES string of the molecule is CCCCc1ccc(P(c2ccc(CCCC)c(CCCC)c2CCCC)C(CCCC)P(c2ccc(CCCC)c(CCCC)c2CCCC)c2ccc(CCCC)c(CCCC)c2CCCC)c(CCCC)c1CCCC. The van der Waals surface area contributed by atoms with Crippen molar-refractivity contribution in [3.8, 4) is 0 Å². The minimum Gasteiger partial charge on any atom is -0.0654 e. The Labute approximate surface area is 495 Å². The Hall–Kier alpha value is -2.26. The highest BCUT2D eigenvalue weighted by Crippen LogP contribution is 2.61. The largest absolute Gasteiger partial charge is 0.0654 e. The number of rotatable bonds is 45. The van der Waals surface area contributed by atoms with Gasteiger partial charge in [-0.05, 0) is 264 Å². The van der Waals surface area contributed by atoms with Gasteiger partial charge in [-0.25, -0.2) is 0 Å². The summed E-state index contributed by atoms with van der Waals surface area (Å²) in [6, 6.07) is 22.4. The summed E-state index contributed by atoms with van der Waals surface area (Å²) in [5, 5.41) is 7.78. The van der Waals surface area contributed by atoms with Crippen LogP contribution in [0.25, 0.3) is 0 Å². The zero-order valence-electron chi connectivity index (χ0n) is 54.7. The highest BCUT2D eigenvalue weighted by molar-refractivity contribution is 7.89. The molecule has 4 aromatic carbocycles. The van der Waals surface area contributed by atoms with Gasteiger partial charge in [0.25, 0.3) is 0 Å². The monoisotopic (exact) mass is 1110 g/mol. The van der Waals surface area contributed by atoms with Crippen molar-refractivity contribution >= 4 is 37.1 Å². The summed E-state index contributed by atoms with van der Waals surface area (Å²) in [7, 11) is -1.59. The molecule has 0 spiro atoms. The van der Waals surface area contributed by atoms with Crippen molar-refractivity contribution < 1.29 is 0 Å². The summed E-state index contributed by atoms with van der Waals surface area (Å²) in [5.74, 6) is 0. The Kier molecular flexibility index (Phi) is 35.8. The summed E-state index contributed by atoms with van der Waals surface area (Å²) in [5.41, 5.74) is 21.1. The molecule has 0 aliphatic carbocycles. The van der Waals surface area contributed by atoms with Crippen LogP contribution in [0.4, 0.5) is 0 Å². The third kappa shape index (κ3) is 20.5. The molecule has 0 aliphatic rings. The molecular formula is C77H126P2. The zero-order chi connectivity index (χ0) is 57.2. The van der Waals surface area contributed by atoms with Crippen molar-refractivity contribution in [1.82, 2.24) is 0 Å². The van der Waals surface area contributed by atoms with E-state index in [1.165, 1.54) is 250 Å². The van der Waals surface area contributed by atoms with Crippen LogP contribution in [-0.4, -0.2) is 5.40 Å². The van der Waals surface area contributed by atoms with Gasteiger partial charge in [-0.3, -0.25) is 0 Å². The maximum absolute atomic E-state index is 2.85. The van der Waals surface area contributed by atoms with Gasteiger partial charge in [0, 0.05) is 5.40 Å². The molecule has 0 unspecified atom stereocenters. The molecular weight excluding hydrogens is 987 g/mol. The number of hydrogen-bond acceptors (Lipinski definition) is 0. The Morgan fingerprint density at radius 2 is 0.392 bits per heavy atom. The highest BCUT2D eigenvalue weighted by Gasteiger charge is 2.39. The van der Waals surface area contributed by atoms with Gasteiger partial charge in [-0.1, -0.05) is 228 Å². The Bertz CT molecular complexity index is 1950. The van der Waals surface area contributed by atoms with Gasteiger partial charge in [0.15, 0.2) is 0 Å². The van der Waals surface area contributed by atoms with Crippen LogP contribution >= 0.6 is 15.8 Å². The smallest absolute Gasteiger partial charge is 0.0155 e. The normalized spacial score (nSPS) is 11.9. The molecule has 0 radical (unpaired) electrons. The van der Waals surface area contributed by atoms with Gasteiger partial charge < -0.3 is 0 Å². The zero-order valence-corrected chi connectivity index (χ0v) is 56.5. The molecule has 0 aliphatic heterocycles. The average Bonchev–Trinajstić information content (AvgIpc) is 3.64. The van der Waals surface area contributed by atoms with Crippen molar-refractivity contribution in [2.45, 2.75) is 346 Å². The summed E-state index contributed by atoms with van der Waals surface area (Å²) in [4.78, 5) is 0. The van der Waals surface area contributed by atoms with E-state index >= 15 is 0 Å². The van der Waals surface area contributed by atoms with Gasteiger partial charge in [-0.15, -0.1) is 0 Å². The molecule has 0 aromatic heterocycles. The standard InChI is InChI=1S/C77H126P2/c1-14-27-40-61-53-57-73(69(48-35-22-9)65(61)44-31-18-5)78(74-58-54-62(41-28-15-2)66(45-32-19-6)70(74)49-36-23-10)77(52-39-26-13)79(75-59-55-63(42-29-16-3)67(46-33-20-7)71(75)50-37-24-11)76-60-56-64(43-30-17-4)68(47-34-21-8)72(76)51-38-25-12/h53-60,77H,14-52H2,1-13H3. The molecule has 0 bridgehead atoms. The Morgan fingerprint density at radius 3 is 0.582 bits per heavy atom. The lowest BCUT2D eigenvalue weighted by Crippen LogP contribution is -2.34. The Morgan fingerprint density at radius 1 is 0.215 bits per heavy atom. The van der Waals surface area contributed by atoms with Gasteiger partial charge in [0.2, 0.25) is 0 Å². The fraction of sp³-hybridized carbons (Fsp3) is 0.688. The first-order valence-corrected chi connectivity index (χ1v) is 37.7. The summed E-state index contributed by atoms with van der Waals surface area (Å²) in [6.07, 6.45) is 49.2. The topological polar surface area (TPSA) is 0 Å². The van der Waals surface area contributed by atoms with E-state index in [4.69, 9.17) is 0 Å². The van der Waals surface area contributed by atoms with Crippen LogP contribution in [0, 0.1) is 0 Å². The molecule has 0 nitrogen and oxygen atoms in total. The van der Waals surface area contributed by atoms with E-state index in [9.17, 15) is 0 Å². The van der Waals surface area contributed by atoms with Crippen LogP contribution < -0.4 is 21.2 Å². The second-order valence-corrected chi connectivity index (χ2v) is 29.5. The molecule has 2 heteroatoms. The summed E-state index contributed by atoms with van der Waals surface area (Å²) < 4.78 is 0. The molecule has 79 heavy (non-hydrogen) atoms. The maximum atomic E-state index is 2.85. The van der Waals surface area contributed by atoms with Gasteiger partial charge in [0.05, 0.1) is 0 Å². The molecule has 0 saturated heterocycles. The molecule has 0 saturated carbocycles. The molecule has 0 heterocycles. The lowest BCUT2D eigenvalue weighted by Gasteiger charge is -2.41. The summed E-state index contributed by atoms with van der Waals surface area (Å²) >= 11 is 0. The lowest BCUT2D eigenvalue weighted by molar-refractivity contribution is 0.734. The summed E-state index contributed by atoms with van der Waals surface area (Å²) in [6.45, 7) is 31.8. The second kappa shape index (κ2) is 40.9. The average molecular weight is 1110 g/mol. The van der Waals surface area contributed by atoms with E-state index in [0.29, 0.717) is 5.40 Å². The van der Waals surface area contributed by atoms with E-state index in [0.717, 1.165) is 0 Å². The van der Waals surface area contributed by atoms with Crippen molar-refractivity contribution in [3.05, 3.63) is 115 Å². The fourth-order valence-corrected chi connectivity index (χ4v) is 21.3. The van der Waals surface area contributed by atoms with E-state index < -0.39 is 15.8 Å². The Balaban J connectivity index is 2.51. The molecule has 0 atom stereocenters. The predicted octanol–water partition coefficient (Wildman–Crippen LogP) is 22.9. The van der Waals surface area contributed by atoms with E-state index in [1.54, 1.807) is 44.5 Å². The molecule has 4 aromatic rings. The van der Waals surface area contributed by atoms with Crippen LogP contribution in [0.5, 0.6) is 0 Å². The van der Waals surface area contributed by atoms with Crippen molar-refractivity contribution in [2.24, 2.45) is 0 Å². The van der Waals surface area contributed by atoms with Crippen molar-refractivity contribution in [2.75, 3.05) is 0 Å². The predicted molar refractivity (Wildman–Crippen MR) is 365 cm³/mol. The van der Waals surface area contributed by atoms with E-state index in [2.05, 4.69) is 139 Å². The molecule has 444 valence electrons. The fourth-order valence-electron chi connectivity index (χ4n) is 13.1. The quantitative estimate of drug-likeness (QED) is 0.0387. The third-order valence-corrected chi connectivity index (χ3v) is 24.8. The van der Waals surface area contributed by atoms with E-state index in [-0.39, 0.29) is 0 Å². The second-order valence-electron chi connectivity index (χ2n) is 24.4. The van der Waals surface area contributed by atoms with Crippen LogP contribution in [0.3, 0.4) is 0 Å². The first-order chi connectivity index (χ1) is 38.8. The number of benzene rings is 4. The first kappa shape index (κ1) is 69.2. The lowest BCUT2D eigenvalue weighted by atomic mass is 9.90. The minimum absolute atomic E-state index is 0.536. The minimum atomic E-state index is -0.797. The van der Waals surface area contributed by atoms with Gasteiger partial charge >= 0.3 is 0 Å². The van der Waals surface area contributed by atoms with Gasteiger partial charge in [-0.2, -0.15) is 0 Å². The molecule has 0 amide bonds. The van der Waals surface area contributed by atoms with Crippen LogP contribution in [-0.2, 0) is 77.0 Å². The van der Waals surface area contributed by atoms with Crippen LogP contribution in [0.2, 0.25) is 0 Å². The number of aryl methyl sites for hydroxylation is 4. The third-order valence-electron chi connectivity index (χ3n) is 17.9. The van der Waals surface area contributed by atoms with Crippen molar-refractivity contribution in [1.29, 1.82) is 0 Å². The molecule has 0 fully saturated rings. The number of hydrogen-bond donors (Lipinski definition) is 0. The van der Waals surface area contributed by atoms with Crippen LogP contribution in [0.1, 0.15) is 330 Å². The van der Waals surface area contributed by atoms with Gasteiger partial charge in [0.1, 0.15) is 0 Å². The first-order valence-electron chi connectivity index (χ1n) is 34.9. The maximum Gasteiger partial charge on any atom is 0.0155 e. The van der Waals surface area contributed by atoms with E-state index in [1.807, 2.05) is 43.5 Å². The number of unbranched alkanes of at least 4 members (excludes halogenated alkanes) is 13. The molecule has 0 N–H and O–H groups in total. The van der Waals surface area contributed by atoms with Crippen LogP contribution in [0.15, 0.2) is 48.5 Å². The van der Waals surface area contributed by atoms with Crippen molar-refractivity contribution in [3.63, 3.8) is 0 Å². The molecule has 4 rings (SSSR count). The highest BCUT2D eigenvalue weighted by atomic mass is 31.2.